The summed E-state index contributed by atoms with van der Waals surface area (Å²) in [5.41, 5.74) is 3.92. The Kier molecular flexibility index (Phi) is 3.85. The summed E-state index contributed by atoms with van der Waals surface area (Å²) in [6, 6.07) is 8.47. The Morgan fingerprint density at radius 1 is 1.22 bits per heavy atom. The first-order valence-electron chi connectivity index (χ1n) is 8.86. The number of nitrogens with one attached hydrogen (secondary N) is 1. The third-order valence-corrected chi connectivity index (χ3v) is 5.58. The Morgan fingerprint density at radius 3 is 2.78 bits per heavy atom. The highest BCUT2D eigenvalue weighted by molar-refractivity contribution is 5.87. The molecule has 1 aromatic carbocycles. The smallest absolute Gasteiger partial charge is 0.226 e. The largest absolute Gasteiger partial charge is 0.358 e. The maximum absolute atomic E-state index is 12.9. The summed E-state index contributed by atoms with van der Waals surface area (Å²) in [7, 11) is 0. The molecule has 1 saturated heterocycles. The molecule has 1 unspecified atom stereocenters. The molecular weight excluding hydrogens is 286 g/mol. The average molecular weight is 311 g/mol. The zero-order chi connectivity index (χ0) is 15.8. The molecule has 2 aliphatic rings. The third-order valence-electron chi connectivity index (χ3n) is 5.58. The predicted octanol–water partition coefficient (Wildman–Crippen LogP) is 2.44. The van der Waals surface area contributed by atoms with Crippen LogP contribution in [0.2, 0.25) is 0 Å². The summed E-state index contributed by atoms with van der Waals surface area (Å²) in [6.45, 7) is 7.11. The van der Waals surface area contributed by atoms with Crippen LogP contribution < -0.4 is 0 Å². The number of aryl methyl sites for hydroxylation is 1. The summed E-state index contributed by atoms with van der Waals surface area (Å²) in [4.78, 5) is 21.0. The van der Waals surface area contributed by atoms with Crippen LogP contribution in [0, 0.1) is 5.92 Å². The van der Waals surface area contributed by atoms with Gasteiger partial charge in [-0.05, 0) is 37.4 Å². The van der Waals surface area contributed by atoms with E-state index in [-0.39, 0.29) is 5.92 Å². The molecule has 1 aliphatic heterocycles. The fraction of sp³-hybridized carbons (Fsp3) is 0.526. The zero-order valence-electron chi connectivity index (χ0n) is 13.8. The van der Waals surface area contributed by atoms with Crippen molar-refractivity contribution in [2.75, 3.05) is 32.7 Å². The number of likely N-dealkylation sites (N-methyl/N-ethyl adjacent to an activating group) is 1. The second-order valence-corrected chi connectivity index (χ2v) is 6.83. The van der Waals surface area contributed by atoms with Gasteiger partial charge < -0.3 is 14.8 Å². The fourth-order valence-electron chi connectivity index (χ4n) is 4.12. The summed E-state index contributed by atoms with van der Waals surface area (Å²) >= 11 is 0. The minimum absolute atomic E-state index is 0.162. The molecule has 2 aromatic rings. The first-order valence-corrected chi connectivity index (χ1v) is 8.86. The van der Waals surface area contributed by atoms with Crippen LogP contribution in [-0.4, -0.2) is 53.4 Å². The van der Waals surface area contributed by atoms with E-state index in [4.69, 9.17) is 0 Å². The van der Waals surface area contributed by atoms with E-state index in [2.05, 4.69) is 46.0 Å². The SMILES string of the molecule is CCN1CCN(C(=O)C2CCc3[nH]c4ccccc4c3C2)CC1. The van der Waals surface area contributed by atoms with Crippen LogP contribution >= 0.6 is 0 Å². The number of hydrogen-bond acceptors (Lipinski definition) is 2. The van der Waals surface area contributed by atoms with E-state index in [1.54, 1.807) is 0 Å². The number of aromatic nitrogens is 1. The molecule has 4 rings (SSSR count). The summed E-state index contributed by atoms with van der Waals surface area (Å²) in [5.74, 6) is 0.534. The maximum atomic E-state index is 12.9. The van der Waals surface area contributed by atoms with Gasteiger partial charge in [0, 0.05) is 48.7 Å². The lowest BCUT2D eigenvalue weighted by molar-refractivity contribution is -0.137. The molecule has 1 N–H and O–H groups in total. The highest BCUT2D eigenvalue weighted by Gasteiger charge is 2.31. The van der Waals surface area contributed by atoms with Crippen molar-refractivity contribution in [3.05, 3.63) is 35.5 Å². The molecule has 23 heavy (non-hydrogen) atoms. The lowest BCUT2D eigenvalue weighted by atomic mass is 9.85. The molecular formula is C19H25N3O. The lowest BCUT2D eigenvalue weighted by Crippen LogP contribution is -2.50. The Labute approximate surface area is 137 Å². The number of carbonyl (C=O) groups is 1. The Hall–Kier alpha value is -1.81. The van der Waals surface area contributed by atoms with Crippen molar-refractivity contribution < 1.29 is 4.79 Å². The number of rotatable bonds is 2. The minimum Gasteiger partial charge on any atom is -0.358 e. The fourth-order valence-corrected chi connectivity index (χ4v) is 4.12. The lowest BCUT2D eigenvalue weighted by Gasteiger charge is -2.36. The molecule has 1 amide bonds. The Morgan fingerprint density at radius 2 is 2.00 bits per heavy atom. The van der Waals surface area contributed by atoms with Crippen molar-refractivity contribution in [1.82, 2.24) is 14.8 Å². The van der Waals surface area contributed by atoms with Crippen molar-refractivity contribution in [2.45, 2.75) is 26.2 Å². The topological polar surface area (TPSA) is 39.3 Å². The number of amides is 1. The highest BCUT2D eigenvalue weighted by Crippen LogP contribution is 2.32. The van der Waals surface area contributed by atoms with E-state index in [1.807, 2.05) is 0 Å². The van der Waals surface area contributed by atoms with Gasteiger partial charge in [0.2, 0.25) is 5.91 Å². The monoisotopic (exact) mass is 311 g/mol. The van der Waals surface area contributed by atoms with Gasteiger partial charge in [-0.25, -0.2) is 0 Å². The van der Waals surface area contributed by atoms with Gasteiger partial charge in [0.1, 0.15) is 0 Å². The van der Waals surface area contributed by atoms with Gasteiger partial charge in [-0.2, -0.15) is 0 Å². The second-order valence-electron chi connectivity index (χ2n) is 6.83. The Bertz CT molecular complexity index is 712. The van der Waals surface area contributed by atoms with Crippen LogP contribution in [0.4, 0.5) is 0 Å². The molecule has 4 heteroatoms. The maximum Gasteiger partial charge on any atom is 0.226 e. The van der Waals surface area contributed by atoms with E-state index in [1.165, 1.54) is 22.2 Å². The normalized spacial score (nSPS) is 22.3. The van der Waals surface area contributed by atoms with Crippen LogP contribution in [0.5, 0.6) is 0 Å². The van der Waals surface area contributed by atoms with Crippen LogP contribution in [0.3, 0.4) is 0 Å². The molecule has 1 fully saturated rings. The number of hydrogen-bond donors (Lipinski definition) is 1. The quantitative estimate of drug-likeness (QED) is 0.925. The molecule has 1 aromatic heterocycles. The molecule has 122 valence electrons. The molecule has 0 bridgehead atoms. The van der Waals surface area contributed by atoms with Crippen LogP contribution in [0.25, 0.3) is 10.9 Å². The van der Waals surface area contributed by atoms with Crippen molar-refractivity contribution in [3.63, 3.8) is 0 Å². The third kappa shape index (κ3) is 2.65. The van der Waals surface area contributed by atoms with Gasteiger partial charge in [0.05, 0.1) is 0 Å². The molecule has 0 spiro atoms. The molecule has 2 heterocycles. The first-order chi connectivity index (χ1) is 11.3. The van der Waals surface area contributed by atoms with Crippen LogP contribution in [0.1, 0.15) is 24.6 Å². The highest BCUT2D eigenvalue weighted by atomic mass is 16.2. The zero-order valence-corrected chi connectivity index (χ0v) is 13.8. The number of fused-ring (bicyclic) bond motifs is 3. The number of nitrogens with zero attached hydrogens (tertiary/aromatic N) is 2. The van der Waals surface area contributed by atoms with Gasteiger partial charge >= 0.3 is 0 Å². The number of para-hydroxylation sites is 1. The van der Waals surface area contributed by atoms with Gasteiger partial charge in [0.15, 0.2) is 0 Å². The summed E-state index contributed by atoms with van der Waals surface area (Å²) < 4.78 is 0. The van der Waals surface area contributed by atoms with E-state index in [0.717, 1.165) is 52.0 Å². The van der Waals surface area contributed by atoms with E-state index in [0.29, 0.717) is 5.91 Å². The van der Waals surface area contributed by atoms with Crippen molar-refractivity contribution >= 4 is 16.8 Å². The number of piperazine rings is 1. The van der Waals surface area contributed by atoms with E-state index in [9.17, 15) is 4.79 Å². The minimum atomic E-state index is 0.162. The van der Waals surface area contributed by atoms with Gasteiger partial charge in [-0.3, -0.25) is 4.79 Å². The van der Waals surface area contributed by atoms with Gasteiger partial charge in [-0.1, -0.05) is 25.1 Å². The summed E-state index contributed by atoms with van der Waals surface area (Å²) in [5, 5.41) is 1.30. The van der Waals surface area contributed by atoms with E-state index < -0.39 is 0 Å². The number of H-pyrrole nitrogens is 1. The number of aromatic amines is 1. The van der Waals surface area contributed by atoms with Crippen molar-refractivity contribution in [3.8, 4) is 0 Å². The second kappa shape index (κ2) is 6.00. The average Bonchev–Trinajstić information content (AvgIpc) is 2.99. The van der Waals surface area contributed by atoms with Crippen molar-refractivity contribution in [2.24, 2.45) is 5.92 Å². The summed E-state index contributed by atoms with van der Waals surface area (Å²) in [6.07, 6.45) is 2.87. The molecule has 4 nitrogen and oxygen atoms in total. The standard InChI is InChI=1S/C19H25N3O/c1-2-21-9-11-22(12-10-21)19(23)14-7-8-18-16(13-14)15-5-3-4-6-17(15)20-18/h3-6,14,20H,2,7-13H2,1H3. The first kappa shape index (κ1) is 14.8. The van der Waals surface area contributed by atoms with Crippen LogP contribution in [-0.2, 0) is 17.6 Å². The van der Waals surface area contributed by atoms with Crippen molar-refractivity contribution in [1.29, 1.82) is 0 Å². The molecule has 0 radical (unpaired) electrons. The van der Waals surface area contributed by atoms with Crippen LogP contribution in [0.15, 0.2) is 24.3 Å². The molecule has 1 aliphatic carbocycles. The van der Waals surface area contributed by atoms with Gasteiger partial charge in [-0.15, -0.1) is 0 Å². The number of carbonyl (C=O) groups excluding carboxylic acids is 1. The predicted molar refractivity (Wildman–Crippen MR) is 92.5 cm³/mol. The Balaban J connectivity index is 1.50. The van der Waals surface area contributed by atoms with Gasteiger partial charge in [0.25, 0.3) is 0 Å². The number of benzene rings is 1. The molecule has 0 saturated carbocycles. The van der Waals surface area contributed by atoms with E-state index >= 15 is 0 Å². The molecule has 1 atom stereocenters.